The molecular weight excluding hydrogens is 241 g/mol. The Bertz CT molecular complexity index is 401. The molecule has 2 rings (SSSR count). The molecule has 1 aliphatic rings. The minimum absolute atomic E-state index is 0.921. The van der Waals surface area contributed by atoms with Crippen LogP contribution in [-0.2, 0) is 17.8 Å². The van der Waals surface area contributed by atoms with E-state index in [-0.39, 0.29) is 0 Å². The minimum atomic E-state index is -5.08. The first kappa shape index (κ1) is 13.5. The fourth-order valence-electron chi connectivity index (χ4n) is 1.27. The van der Waals surface area contributed by atoms with Crippen LogP contribution in [-0.4, -0.2) is 29.0 Å². The Hall–Kier alpha value is -1.57. The summed E-state index contributed by atoms with van der Waals surface area (Å²) in [5.74, 6) is -1.69. The van der Waals surface area contributed by atoms with Crippen molar-refractivity contribution in [2.24, 2.45) is 0 Å². The fourth-order valence-corrected chi connectivity index (χ4v) is 1.27. The lowest BCUT2D eigenvalue weighted by atomic mass is 10.1. The molecule has 0 spiro atoms. The lowest BCUT2D eigenvalue weighted by Gasteiger charge is -2.09. The van der Waals surface area contributed by atoms with E-state index in [1.54, 1.807) is 0 Å². The molecule has 0 atom stereocenters. The molecule has 2 N–H and O–H groups in total. The molecular formula is C9H11F3N2O3. The number of nitrogens with one attached hydrogen (secondary N) is 1. The Morgan fingerprint density at radius 3 is 2.59 bits per heavy atom. The lowest BCUT2D eigenvalue weighted by molar-refractivity contribution is -0.192. The van der Waals surface area contributed by atoms with E-state index < -0.39 is 12.1 Å². The van der Waals surface area contributed by atoms with Gasteiger partial charge in [-0.15, -0.1) is 0 Å². The van der Waals surface area contributed by atoms with Gasteiger partial charge < -0.3 is 14.9 Å². The Balaban J connectivity index is 0.000000185. The molecule has 0 fully saturated rings. The van der Waals surface area contributed by atoms with Gasteiger partial charge in [0.2, 0.25) is 0 Å². The highest BCUT2D eigenvalue weighted by Gasteiger charge is 2.38. The maximum Gasteiger partial charge on any atom is 0.490 e. The van der Waals surface area contributed by atoms with E-state index in [4.69, 9.17) is 14.4 Å². The molecule has 8 heteroatoms. The van der Waals surface area contributed by atoms with Crippen LogP contribution in [0.15, 0.2) is 4.52 Å². The third-order valence-electron chi connectivity index (χ3n) is 2.14. The summed E-state index contributed by atoms with van der Waals surface area (Å²) in [6.07, 6.45) is -4.10. The minimum Gasteiger partial charge on any atom is -0.475 e. The van der Waals surface area contributed by atoms with Crippen molar-refractivity contribution in [2.45, 2.75) is 26.1 Å². The van der Waals surface area contributed by atoms with Gasteiger partial charge in [0.05, 0.1) is 5.69 Å². The van der Waals surface area contributed by atoms with E-state index in [0.717, 1.165) is 31.0 Å². The van der Waals surface area contributed by atoms with Gasteiger partial charge >= 0.3 is 12.1 Å². The average molecular weight is 252 g/mol. The number of halogens is 3. The summed E-state index contributed by atoms with van der Waals surface area (Å²) in [4.78, 5) is 8.90. The smallest absolute Gasteiger partial charge is 0.475 e. The molecule has 1 aromatic heterocycles. The predicted octanol–water partition coefficient (Wildman–Crippen LogP) is 1.26. The topological polar surface area (TPSA) is 75.4 Å². The first-order valence-electron chi connectivity index (χ1n) is 4.77. The summed E-state index contributed by atoms with van der Waals surface area (Å²) in [5, 5.41) is 14.3. The van der Waals surface area contributed by atoms with Gasteiger partial charge in [-0.1, -0.05) is 5.16 Å². The van der Waals surface area contributed by atoms with Crippen molar-refractivity contribution in [3.8, 4) is 0 Å². The van der Waals surface area contributed by atoms with Gasteiger partial charge in [0.15, 0.2) is 0 Å². The number of fused-ring (bicyclic) bond motifs is 1. The molecule has 0 radical (unpaired) electrons. The standard InChI is InChI=1S/C7H10N2O.C2HF3O2/c1-5-6-4-8-3-2-7(6)10-9-5;3-2(4,5)1(6)7/h8H,2-4H2,1H3;(H,6,7). The number of hydrogen-bond donors (Lipinski definition) is 2. The molecule has 1 aromatic rings. The summed E-state index contributed by atoms with van der Waals surface area (Å²) in [6, 6.07) is 0. The lowest BCUT2D eigenvalue weighted by Crippen LogP contribution is -2.22. The van der Waals surface area contributed by atoms with Crippen LogP contribution in [0.2, 0.25) is 0 Å². The van der Waals surface area contributed by atoms with Gasteiger partial charge in [0.25, 0.3) is 0 Å². The molecule has 0 saturated heterocycles. The van der Waals surface area contributed by atoms with Crippen molar-refractivity contribution >= 4 is 5.97 Å². The molecule has 0 amide bonds. The van der Waals surface area contributed by atoms with Gasteiger partial charge in [-0.3, -0.25) is 0 Å². The van der Waals surface area contributed by atoms with Crippen molar-refractivity contribution in [3.63, 3.8) is 0 Å². The molecule has 0 bridgehead atoms. The molecule has 17 heavy (non-hydrogen) atoms. The maximum atomic E-state index is 10.6. The van der Waals surface area contributed by atoms with E-state index in [2.05, 4.69) is 10.5 Å². The zero-order valence-corrected chi connectivity index (χ0v) is 8.97. The van der Waals surface area contributed by atoms with Crippen LogP contribution in [0.25, 0.3) is 0 Å². The van der Waals surface area contributed by atoms with Gasteiger partial charge in [-0.25, -0.2) is 4.79 Å². The van der Waals surface area contributed by atoms with Gasteiger partial charge in [-0.2, -0.15) is 13.2 Å². The highest BCUT2D eigenvalue weighted by Crippen LogP contribution is 2.16. The first-order chi connectivity index (χ1) is 7.82. The van der Waals surface area contributed by atoms with E-state index in [1.807, 2.05) is 6.92 Å². The number of hydrogen-bond acceptors (Lipinski definition) is 4. The highest BCUT2D eigenvalue weighted by molar-refractivity contribution is 5.73. The zero-order valence-electron chi connectivity index (χ0n) is 8.97. The van der Waals surface area contributed by atoms with Crippen LogP contribution >= 0.6 is 0 Å². The zero-order chi connectivity index (χ0) is 13.1. The molecule has 2 heterocycles. The van der Waals surface area contributed by atoms with Crippen molar-refractivity contribution in [1.29, 1.82) is 0 Å². The van der Waals surface area contributed by atoms with Crippen LogP contribution < -0.4 is 5.32 Å². The normalized spacial score (nSPS) is 14.6. The van der Waals surface area contributed by atoms with Gasteiger partial charge in [-0.05, 0) is 6.92 Å². The Morgan fingerprint density at radius 2 is 2.12 bits per heavy atom. The second-order valence-electron chi connectivity index (χ2n) is 3.40. The maximum absolute atomic E-state index is 10.6. The summed E-state index contributed by atoms with van der Waals surface area (Å²) < 4.78 is 36.8. The summed E-state index contributed by atoms with van der Waals surface area (Å²) in [6.45, 7) is 3.92. The van der Waals surface area contributed by atoms with Crippen molar-refractivity contribution in [3.05, 3.63) is 17.0 Å². The number of carbonyl (C=O) groups is 1. The van der Waals surface area contributed by atoms with Gasteiger partial charge in [0.1, 0.15) is 5.76 Å². The number of alkyl halides is 3. The number of aryl methyl sites for hydroxylation is 1. The Morgan fingerprint density at radius 1 is 1.53 bits per heavy atom. The molecule has 5 nitrogen and oxygen atoms in total. The van der Waals surface area contributed by atoms with Crippen molar-refractivity contribution < 1.29 is 27.6 Å². The average Bonchev–Trinajstić information content (AvgIpc) is 2.61. The molecule has 0 saturated carbocycles. The molecule has 1 aliphatic heterocycles. The van der Waals surface area contributed by atoms with E-state index in [1.165, 1.54) is 5.56 Å². The second-order valence-corrected chi connectivity index (χ2v) is 3.40. The van der Waals surface area contributed by atoms with Crippen LogP contribution in [0.3, 0.4) is 0 Å². The molecule has 96 valence electrons. The third-order valence-corrected chi connectivity index (χ3v) is 2.14. The predicted molar refractivity (Wildman–Crippen MR) is 50.3 cm³/mol. The van der Waals surface area contributed by atoms with Crippen molar-refractivity contribution in [1.82, 2.24) is 10.5 Å². The second kappa shape index (κ2) is 5.17. The first-order valence-corrected chi connectivity index (χ1v) is 4.77. The van der Waals surface area contributed by atoms with Crippen LogP contribution in [0, 0.1) is 6.92 Å². The Labute approximate surface area is 94.6 Å². The fraction of sp³-hybridized carbons (Fsp3) is 0.556. The SMILES string of the molecule is Cc1noc2c1CNCC2.O=C(O)C(F)(F)F. The van der Waals surface area contributed by atoms with Crippen molar-refractivity contribution in [2.75, 3.05) is 6.54 Å². The molecule has 0 unspecified atom stereocenters. The summed E-state index contributed by atoms with van der Waals surface area (Å²) in [7, 11) is 0. The Kier molecular flexibility index (Phi) is 4.11. The summed E-state index contributed by atoms with van der Waals surface area (Å²) in [5.41, 5.74) is 2.29. The van der Waals surface area contributed by atoms with Crippen LogP contribution in [0.4, 0.5) is 13.2 Å². The quantitative estimate of drug-likeness (QED) is 0.727. The van der Waals surface area contributed by atoms with Crippen LogP contribution in [0.1, 0.15) is 17.0 Å². The number of aromatic nitrogens is 1. The largest absolute Gasteiger partial charge is 0.490 e. The molecule has 0 aromatic carbocycles. The van der Waals surface area contributed by atoms with E-state index >= 15 is 0 Å². The summed E-state index contributed by atoms with van der Waals surface area (Å²) >= 11 is 0. The van der Waals surface area contributed by atoms with Gasteiger partial charge in [0, 0.05) is 25.1 Å². The number of rotatable bonds is 0. The third kappa shape index (κ3) is 3.74. The van der Waals surface area contributed by atoms with E-state index in [9.17, 15) is 13.2 Å². The highest BCUT2D eigenvalue weighted by atomic mass is 19.4. The van der Waals surface area contributed by atoms with E-state index in [0.29, 0.717) is 0 Å². The number of nitrogens with zero attached hydrogens (tertiary/aromatic N) is 1. The number of carboxylic acids is 1. The molecule has 0 aliphatic carbocycles. The number of carboxylic acid groups (broad SMARTS) is 1. The number of aliphatic carboxylic acids is 1. The van der Waals surface area contributed by atoms with Crippen LogP contribution in [0.5, 0.6) is 0 Å². The monoisotopic (exact) mass is 252 g/mol.